The number of nitriles is 1. The molecule has 0 radical (unpaired) electrons. The summed E-state index contributed by atoms with van der Waals surface area (Å²) in [5.41, 5.74) is 7.35. The van der Waals surface area contributed by atoms with Crippen LogP contribution in [0.1, 0.15) is 48.9 Å². The van der Waals surface area contributed by atoms with Gasteiger partial charge < -0.3 is 11.1 Å². The Labute approximate surface area is 146 Å². The number of hydrogen-bond donors (Lipinski definition) is 2. The van der Waals surface area contributed by atoms with E-state index in [9.17, 15) is 10.1 Å². The zero-order chi connectivity index (χ0) is 17.2. The highest BCUT2D eigenvalue weighted by molar-refractivity contribution is 6.02. The van der Waals surface area contributed by atoms with Crippen LogP contribution in [-0.4, -0.2) is 21.1 Å². The van der Waals surface area contributed by atoms with E-state index in [1.807, 2.05) is 18.3 Å². The van der Waals surface area contributed by atoms with Gasteiger partial charge in [0, 0.05) is 11.7 Å². The third-order valence-corrected chi connectivity index (χ3v) is 6.52. The number of hydrogen-bond acceptors (Lipinski definition) is 4. The SMILES string of the molecule is N#CC12C[C@H]3C[C@@H](C1)CC(Nc1c(C(N)=O)cnn4cccc14)(C3)C2. The summed E-state index contributed by atoms with van der Waals surface area (Å²) < 4.78 is 1.76. The lowest BCUT2D eigenvalue weighted by Crippen LogP contribution is -2.58. The number of carbonyl (C=O) groups is 1. The molecule has 6 heteroatoms. The van der Waals surface area contributed by atoms with Gasteiger partial charge in [0.1, 0.15) is 0 Å². The standard InChI is InChI=1S/C19H21N5O/c20-11-18-5-12-4-13(6-18)8-19(7-12,10-18)23-16-14(17(21)25)9-22-24-3-1-2-15(16)24/h1-3,9,12-13,23H,4-8,10H2,(H2,21,25)/t12-,13+,18?,19?. The van der Waals surface area contributed by atoms with Crippen LogP contribution in [0.4, 0.5) is 5.69 Å². The van der Waals surface area contributed by atoms with Gasteiger partial charge in [0.25, 0.3) is 5.91 Å². The average molecular weight is 335 g/mol. The largest absolute Gasteiger partial charge is 0.377 e. The predicted molar refractivity (Wildman–Crippen MR) is 92.8 cm³/mol. The highest BCUT2D eigenvalue weighted by Gasteiger charge is 2.58. The van der Waals surface area contributed by atoms with Crippen molar-refractivity contribution in [3.63, 3.8) is 0 Å². The maximum atomic E-state index is 12.0. The highest BCUT2D eigenvalue weighted by Crippen LogP contribution is 2.62. The van der Waals surface area contributed by atoms with Crippen LogP contribution in [0.25, 0.3) is 5.52 Å². The van der Waals surface area contributed by atoms with Gasteiger partial charge in [-0.25, -0.2) is 4.52 Å². The van der Waals surface area contributed by atoms with E-state index in [0.717, 1.165) is 43.3 Å². The molecule has 2 heterocycles. The summed E-state index contributed by atoms with van der Waals surface area (Å²) >= 11 is 0. The van der Waals surface area contributed by atoms with E-state index in [1.54, 1.807) is 4.52 Å². The molecule has 4 fully saturated rings. The second kappa shape index (κ2) is 4.75. The van der Waals surface area contributed by atoms with Crippen molar-refractivity contribution in [1.29, 1.82) is 5.26 Å². The second-order valence-corrected chi connectivity index (χ2v) is 8.39. The summed E-state index contributed by atoms with van der Waals surface area (Å²) in [5, 5.41) is 17.8. The number of carbonyl (C=O) groups excluding carboxylic acids is 1. The minimum Gasteiger partial charge on any atom is -0.377 e. The lowest BCUT2D eigenvalue weighted by molar-refractivity contribution is -0.0268. The first-order chi connectivity index (χ1) is 12.0. The first-order valence-electron chi connectivity index (χ1n) is 8.97. The third-order valence-electron chi connectivity index (χ3n) is 6.52. The zero-order valence-electron chi connectivity index (χ0n) is 14.0. The molecule has 2 aromatic heterocycles. The molecule has 0 saturated heterocycles. The molecule has 0 aliphatic heterocycles. The summed E-state index contributed by atoms with van der Waals surface area (Å²) in [7, 11) is 0. The van der Waals surface area contributed by atoms with Crippen molar-refractivity contribution in [3.8, 4) is 6.07 Å². The van der Waals surface area contributed by atoms with Crippen LogP contribution in [0.3, 0.4) is 0 Å². The molecule has 4 aliphatic carbocycles. The number of anilines is 1. The summed E-state index contributed by atoms with van der Waals surface area (Å²) in [6.45, 7) is 0. The van der Waals surface area contributed by atoms with Crippen LogP contribution < -0.4 is 11.1 Å². The maximum Gasteiger partial charge on any atom is 0.252 e. The molecule has 6 nitrogen and oxygen atoms in total. The lowest BCUT2D eigenvalue weighted by Gasteiger charge is -2.60. The fourth-order valence-electron chi connectivity index (χ4n) is 6.12. The molecule has 4 bridgehead atoms. The molecule has 0 aromatic carbocycles. The van der Waals surface area contributed by atoms with E-state index in [-0.39, 0.29) is 11.0 Å². The van der Waals surface area contributed by atoms with E-state index in [1.165, 1.54) is 12.6 Å². The number of nitrogens with one attached hydrogen (secondary N) is 1. The van der Waals surface area contributed by atoms with Crippen molar-refractivity contribution in [2.24, 2.45) is 23.0 Å². The number of rotatable bonds is 3. The summed E-state index contributed by atoms with van der Waals surface area (Å²) in [6, 6.07) is 6.50. The van der Waals surface area contributed by atoms with Crippen molar-refractivity contribution in [2.75, 3.05) is 5.32 Å². The highest BCUT2D eigenvalue weighted by atomic mass is 16.1. The molecule has 4 atom stereocenters. The van der Waals surface area contributed by atoms with Crippen LogP contribution in [-0.2, 0) is 0 Å². The Morgan fingerprint density at radius 2 is 2.12 bits per heavy atom. The number of amides is 1. The van der Waals surface area contributed by atoms with Gasteiger partial charge in [0.05, 0.1) is 34.4 Å². The van der Waals surface area contributed by atoms with Crippen molar-refractivity contribution < 1.29 is 4.79 Å². The van der Waals surface area contributed by atoms with Crippen LogP contribution in [0.5, 0.6) is 0 Å². The summed E-state index contributed by atoms with van der Waals surface area (Å²) in [6.07, 6.45) is 9.70. The van der Waals surface area contributed by atoms with E-state index >= 15 is 0 Å². The number of primary amides is 1. The van der Waals surface area contributed by atoms with E-state index in [2.05, 4.69) is 16.5 Å². The van der Waals surface area contributed by atoms with Gasteiger partial charge in [-0.05, 0) is 62.5 Å². The van der Waals surface area contributed by atoms with Crippen molar-refractivity contribution in [1.82, 2.24) is 9.61 Å². The summed E-state index contributed by atoms with van der Waals surface area (Å²) in [5.74, 6) is 0.739. The van der Waals surface area contributed by atoms with E-state index in [0.29, 0.717) is 17.4 Å². The van der Waals surface area contributed by atoms with Gasteiger partial charge in [0.15, 0.2) is 0 Å². The molecular formula is C19H21N5O. The van der Waals surface area contributed by atoms with Crippen LogP contribution >= 0.6 is 0 Å². The van der Waals surface area contributed by atoms with Crippen LogP contribution in [0.15, 0.2) is 24.5 Å². The summed E-state index contributed by atoms with van der Waals surface area (Å²) in [4.78, 5) is 12.0. The van der Waals surface area contributed by atoms with Crippen molar-refractivity contribution in [2.45, 2.75) is 44.1 Å². The molecule has 2 unspecified atom stereocenters. The molecule has 1 amide bonds. The quantitative estimate of drug-likeness (QED) is 0.901. The molecule has 6 rings (SSSR count). The van der Waals surface area contributed by atoms with Crippen LogP contribution in [0, 0.1) is 28.6 Å². The molecule has 2 aromatic rings. The van der Waals surface area contributed by atoms with E-state index in [4.69, 9.17) is 5.73 Å². The number of fused-ring (bicyclic) bond motifs is 1. The monoisotopic (exact) mass is 335 g/mol. The third kappa shape index (κ3) is 2.08. The second-order valence-electron chi connectivity index (χ2n) is 8.39. The van der Waals surface area contributed by atoms with Crippen molar-refractivity contribution in [3.05, 3.63) is 30.1 Å². The number of nitrogens with two attached hydrogens (primary N) is 1. The Morgan fingerprint density at radius 3 is 2.80 bits per heavy atom. The molecule has 4 saturated carbocycles. The van der Waals surface area contributed by atoms with Gasteiger partial charge in [-0.3, -0.25) is 4.79 Å². The fraction of sp³-hybridized carbons (Fsp3) is 0.526. The van der Waals surface area contributed by atoms with Crippen LogP contribution in [0.2, 0.25) is 0 Å². The zero-order valence-corrected chi connectivity index (χ0v) is 14.0. The molecular weight excluding hydrogens is 314 g/mol. The topological polar surface area (TPSA) is 96.2 Å². The Bertz CT molecular complexity index is 910. The van der Waals surface area contributed by atoms with Gasteiger partial charge >= 0.3 is 0 Å². The Hall–Kier alpha value is -2.55. The fourth-order valence-corrected chi connectivity index (χ4v) is 6.12. The first kappa shape index (κ1) is 14.8. The lowest BCUT2D eigenvalue weighted by atomic mass is 9.47. The molecule has 0 spiro atoms. The molecule has 3 N–H and O–H groups in total. The van der Waals surface area contributed by atoms with Gasteiger partial charge in [0.2, 0.25) is 0 Å². The maximum absolute atomic E-state index is 12.0. The molecule has 128 valence electrons. The predicted octanol–water partition coefficient (Wildman–Crippen LogP) is 2.71. The molecule has 25 heavy (non-hydrogen) atoms. The Kier molecular flexibility index (Phi) is 2.81. The first-order valence-corrected chi connectivity index (χ1v) is 8.97. The molecule has 4 aliphatic rings. The van der Waals surface area contributed by atoms with E-state index < -0.39 is 5.91 Å². The number of nitrogens with zero attached hydrogens (tertiary/aromatic N) is 3. The van der Waals surface area contributed by atoms with Gasteiger partial charge in [-0.15, -0.1) is 0 Å². The number of aromatic nitrogens is 2. The average Bonchev–Trinajstić information content (AvgIpc) is 3.02. The smallest absolute Gasteiger partial charge is 0.252 e. The minimum atomic E-state index is -0.474. The normalized spacial score (nSPS) is 35.6. The Morgan fingerprint density at radius 1 is 1.36 bits per heavy atom. The van der Waals surface area contributed by atoms with Gasteiger partial charge in [-0.1, -0.05) is 0 Å². The van der Waals surface area contributed by atoms with Crippen molar-refractivity contribution >= 4 is 17.1 Å². The minimum absolute atomic E-state index is 0.115. The van der Waals surface area contributed by atoms with Gasteiger partial charge in [-0.2, -0.15) is 10.4 Å². The Balaban J connectivity index is 1.61.